The van der Waals surface area contributed by atoms with Crippen LogP contribution in [-0.4, -0.2) is 14.7 Å². The highest BCUT2D eigenvalue weighted by Gasteiger charge is 2.13. The number of aromatic nitrogens is 2. The second-order valence-corrected chi connectivity index (χ2v) is 6.48. The first-order chi connectivity index (χ1) is 14.6. The number of benzene rings is 2. The molecule has 0 bridgehead atoms. The Morgan fingerprint density at radius 2 is 1.67 bits per heavy atom. The lowest BCUT2D eigenvalue weighted by molar-refractivity contribution is -0.384. The van der Waals surface area contributed by atoms with Gasteiger partial charge in [0.25, 0.3) is 5.69 Å². The molecule has 144 valence electrons. The number of hydrogen-bond donors (Lipinski definition) is 0. The summed E-state index contributed by atoms with van der Waals surface area (Å²) in [5, 5.41) is 25.1. The maximum atomic E-state index is 12.7. The first-order valence-corrected chi connectivity index (χ1v) is 9.02. The molecule has 0 amide bonds. The molecule has 3 aromatic carbocycles. The molecule has 0 saturated carbocycles. The summed E-state index contributed by atoms with van der Waals surface area (Å²) >= 11 is 0. The number of nitriles is 1. The van der Waals surface area contributed by atoms with E-state index in [9.17, 15) is 14.9 Å². The molecule has 7 nitrogen and oxygen atoms in total. The molecule has 0 aliphatic carbocycles. The molecule has 0 aliphatic rings. The molecular formula is C23H14N4O3. The molecule has 0 aliphatic heterocycles. The van der Waals surface area contributed by atoms with Crippen LogP contribution >= 0.6 is 0 Å². The van der Waals surface area contributed by atoms with Crippen LogP contribution in [0.4, 0.5) is 5.69 Å². The first-order valence-electron chi connectivity index (χ1n) is 9.02. The van der Waals surface area contributed by atoms with Crippen LogP contribution in [0.2, 0.25) is 0 Å². The van der Waals surface area contributed by atoms with Crippen molar-refractivity contribution in [1.29, 1.82) is 5.26 Å². The molecule has 0 spiro atoms. The van der Waals surface area contributed by atoms with Gasteiger partial charge in [-0.1, -0.05) is 36.4 Å². The standard InChI is InChI=1S/C23H14N4O3/c24-15-17-7-5-16(6-8-17)9-14-21-20-3-1-2-4-22(28)23(20)26(25-21)18-10-12-19(13-11-18)27(29)30/h1-14H/b14-9-. The van der Waals surface area contributed by atoms with E-state index in [1.165, 1.54) is 22.9 Å². The Bertz CT molecular complexity index is 1380. The van der Waals surface area contributed by atoms with E-state index in [1.807, 2.05) is 24.3 Å². The Morgan fingerprint density at radius 1 is 0.967 bits per heavy atom. The summed E-state index contributed by atoms with van der Waals surface area (Å²) in [5.41, 5.74) is 2.72. The largest absolute Gasteiger partial charge is 0.288 e. The fourth-order valence-corrected chi connectivity index (χ4v) is 3.09. The summed E-state index contributed by atoms with van der Waals surface area (Å²) in [6.45, 7) is 0. The van der Waals surface area contributed by atoms with Gasteiger partial charge in [-0.3, -0.25) is 14.9 Å². The quantitative estimate of drug-likeness (QED) is 0.378. The monoisotopic (exact) mass is 394 g/mol. The number of nitrogens with zero attached hydrogens (tertiary/aromatic N) is 4. The minimum absolute atomic E-state index is 0.0379. The van der Waals surface area contributed by atoms with Gasteiger partial charge in [-0.25, -0.2) is 4.68 Å². The van der Waals surface area contributed by atoms with E-state index in [4.69, 9.17) is 5.26 Å². The Labute approximate surface area is 170 Å². The van der Waals surface area contributed by atoms with Crippen LogP contribution in [0, 0.1) is 21.4 Å². The van der Waals surface area contributed by atoms with Gasteiger partial charge < -0.3 is 0 Å². The van der Waals surface area contributed by atoms with Gasteiger partial charge in [0.05, 0.1) is 27.9 Å². The van der Waals surface area contributed by atoms with Crippen LogP contribution in [0.15, 0.2) is 77.6 Å². The van der Waals surface area contributed by atoms with Crippen LogP contribution < -0.4 is 5.43 Å². The van der Waals surface area contributed by atoms with Gasteiger partial charge in [-0.15, -0.1) is 0 Å². The first kappa shape index (κ1) is 18.8. The van der Waals surface area contributed by atoms with Crippen molar-refractivity contribution in [2.24, 2.45) is 0 Å². The van der Waals surface area contributed by atoms with Gasteiger partial charge >= 0.3 is 0 Å². The van der Waals surface area contributed by atoms with E-state index in [0.29, 0.717) is 27.8 Å². The minimum atomic E-state index is -0.476. The minimum Gasteiger partial charge on any atom is -0.288 e. The molecule has 1 aromatic heterocycles. The number of nitro benzene ring substituents is 1. The SMILES string of the molecule is N#Cc1ccc(/C=C\c2nn(-c3ccc([N+](=O)[O-])cc3)c3c(=O)ccccc23)cc1. The van der Waals surface area contributed by atoms with Crippen molar-refractivity contribution < 1.29 is 4.92 Å². The number of fused-ring (bicyclic) bond motifs is 1. The highest BCUT2D eigenvalue weighted by molar-refractivity contribution is 5.90. The number of nitro groups is 1. The maximum absolute atomic E-state index is 12.7. The Kier molecular flexibility index (Phi) is 4.89. The maximum Gasteiger partial charge on any atom is 0.269 e. The van der Waals surface area contributed by atoms with Crippen molar-refractivity contribution in [3.63, 3.8) is 0 Å². The number of non-ortho nitro benzene ring substituents is 1. The molecule has 0 radical (unpaired) electrons. The molecule has 0 fully saturated rings. The molecule has 0 unspecified atom stereocenters. The van der Waals surface area contributed by atoms with Crippen LogP contribution in [0.3, 0.4) is 0 Å². The van der Waals surface area contributed by atoms with Gasteiger partial charge in [-0.05, 0) is 42.0 Å². The lowest BCUT2D eigenvalue weighted by Crippen LogP contribution is -2.05. The summed E-state index contributed by atoms with van der Waals surface area (Å²) < 4.78 is 1.50. The third kappa shape index (κ3) is 3.57. The second kappa shape index (κ2) is 7.81. The second-order valence-electron chi connectivity index (χ2n) is 6.48. The summed E-state index contributed by atoms with van der Waals surface area (Å²) in [6, 6.07) is 21.8. The van der Waals surface area contributed by atoms with Gasteiger partial charge in [0.2, 0.25) is 5.43 Å². The zero-order valence-corrected chi connectivity index (χ0v) is 15.6. The van der Waals surface area contributed by atoms with Crippen LogP contribution in [0.1, 0.15) is 16.8 Å². The topological polar surface area (TPSA) is 102 Å². The van der Waals surface area contributed by atoms with Crippen molar-refractivity contribution in [2.75, 3.05) is 0 Å². The van der Waals surface area contributed by atoms with Crippen molar-refractivity contribution >= 4 is 28.7 Å². The fourth-order valence-electron chi connectivity index (χ4n) is 3.09. The van der Waals surface area contributed by atoms with Crippen molar-refractivity contribution in [1.82, 2.24) is 9.78 Å². The summed E-state index contributed by atoms with van der Waals surface area (Å²) in [6.07, 6.45) is 3.64. The zero-order valence-electron chi connectivity index (χ0n) is 15.6. The van der Waals surface area contributed by atoms with Crippen molar-refractivity contribution in [2.45, 2.75) is 0 Å². The lowest BCUT2D eigenvalue weighted by atomic mass is 10.1. The van der Waals surface area contributed by atoms with E-state index in [1.54, 1.807) is 42.5 Å². The van der Waals surface area contributed by atoms with E-state index >= 15 is 0 Å². The van der Waals surface area contributed by atoms with Crippen molar-refractivity contribution in [3.05, 3.63) is 110 Å². The van der Waals surface area contributed by atoms with Crippen LogP contribution in [-0.2, 0) is 0 Å². The van der Waals surface area contributed by atoms with Gasteiger partial charge in [-0.2, -0.15) is 10.4 Å². The summed E-state index contributed by atoms with van der Waals surface area (Å²) in [7, 11) is 0. The molecule has 0 N–H and O–H groups in total. The normalized spacial score (nSPS) is 10.9. The van der Waals surface area contributed by atoms with Gasteiger partial charge in [0.1, 0.15) is 5.52 Å². The van der Waals surface area contributed by atoms with Gasteiger partial charge in [0.15, 0.2) is 0 Å². The molecule has 7 heteroatoms. The number of rotatable bonds is 4. The molecule has 0 atom stereocenters. The molecule has 30 heavy (non-hydrogen) atoms. The molecular weight excluding hydrogens is 380 g/mol. The Morgan fingerprint density at radius 3 is 2.33 bits per heavy atom. The summed E-state index contributed by atoms with van der Waals surface area (Å²) in [4.78, 5) is 23.1. The lowest BCUT2D eigenvalue weighted by Gasteiger charge is -2.01. The van der Waals surface area contributed by atoms with Gasteiger partial charge in [0, 0.05) is 17.5 Å². The predicted octanol–water partition coefficient (Wildman–Crippen LogP) is 4.34. The molecule has 1 heterocycles. The van der Waals surface area contributed by atoms with E-state index in [2.05, 4.69) is 11.2 Å². The average molecular weight is 394 g/mol. The van der Waals surface area contributed by atoms with Crippen molar-refractivity contribution in [3.8, 4) is 11.8 Å². The van der Waals surface area contributed by atoms with Crippen LogP contribution in [0.5, 0.6) is 0 Å². The Balaban J connectivity index is 1.85. The van der Waals surface area contributed by atoms with Crippen LogP contribution in [0.25, 0.3) is 28.7 Å². The van der Waals surface area contributed by atoms with E-state index in [-0.39, 0.29) is 11.1 Å². The molecule has 4 aromatic rings. The fraction of sp³-hybridized carbons (Fsp3) is 0. The Hall–Kier alpha value is -4.57. The highest BCUT2D eigenvalue weighted by atomic mass is 16.6. The summed E-state index contributed by atoms with van der Waals surface area (Å²) in [5.74, 6) is 0. The van der Waals surface area contributed by atoms with E-state index in [0.717, 1.165) is 5.56 Å². The predicted molar refractivity (Wildman–Crippen MR) is 114 cm³/mol. The highest BCUT2D eigenvalue weighted by Crippen LogP contribution is 2.22. The average Bonchev–Trinajstić information content (AvgIpc) is 3.03. The van der Waals surface area contributed by atoms with E-state index < -0.39 is 4.92 Å². The zero-order chi connectivity index (χ0) is 21.1. The third-order valence-electron chi connectivity index (χ3n) is 4.58. The smallest absolute Gasteiger partial charge is 0.269 e. The molecule has 4 rings (SSSR count). The third-order valence-corrected chi connectivity index (χ3v) is 4.58. The molecule has 0 saturated heterocycles. The number of hydrogen-bond acceptors (Lipinski definition) is 5.